The number of aliphatic hydroxyl groups excluding tert-OH is 3. The molecular formula is C20H32O3. The number of rotatable bonds is 1. The highest BCUT2D eigenvalue weighted by molar-refractivity contribution is 5.27. The number of fused-ring (bicyclic) bond motifs is 5. The minimum Gasteiger partial charge on any atom is -0.395 e. The van der Waals surface area contributed by atoms with Gasteiger partial charge in [0, 0.05) is 5.41 Å². The van der Waals surface area contributed by atoms with E-state index in [2.05, 4.69) is 19.9 Å². The molecule has 130 valence electrons. The van der Waals surface area contributed by atoms with E-state index >= 15 is 0 Å². The van der Waals surface area contributed by atoms with Crippen molar-refractivity contribution < 1.29 is 15.3 Å². The van der Waals surface area contributed by atoms with Crippen LogP contribution in [0.15, 0.2) is 11.6 Å². The van der Waals surface area contributed by atoms with Crippen molar-refractivity contribution in [1.82, 2.24) is 0 Å². The van der Waals surface area contributed by atoms with Crippen molar-refractivity contribution in [2.45, 2.75) is 71.0 Å². The SMILES string of the molecule is CC1CC2=CC(O)CC[C@]2(CO)[C@@H]2CC[C@]3(C)C(O)CC[C@H]3[C@H]12. The Balaban J connectivity index is 1.75. The van der Waals surface area contributed by atoms with Crippen LogP contribution in [0.3, 0.4) is 0 Å². The lowest BCUT2D eigenvalue weighted by molar-refractivity contribution is -0.111. The Labute approximate surface area is 139 Å². The maximum absolute atomic E-state index is 10.6. The summed E-state index contributed by atoms with van der Waals surface area (Å²) < 4.78 is 0. The summed E-state index contributed by atoms with van der Waals surface area (Å²) in [4.78, 5) is 0. The normalized spacial score (nSPS) is 55.6. The summed E-state index contributed by atoms with van der Waals surface area (Å²) >= 11 is 0. The molecule has 4 aliphatic carbocycles. The third kappa shape index (κ3) is 2.06. The Morgan fingerprint density at radius 1 is 1.09 bits per heavy atom. The van der Waals surface area contributed by atoms with Crippen LogP contribution in [0.2, 0.25) is 0 Å². The molecule has 3 nitrogen and oxygen atoms in total. The smallest absolute Gasteiger partial charge is 0.0724 e. The fraction of sp³-hybridized carbons (Fsp3) is 0.900. The summed E-state index contributed by atoms with van der Waals surface area (Å²) in [6.07, 6.45) is 8.62. The van der Waals surface area contributed by atoms with Crippen molar-refractivity contribution in [3.8, 4) is 0 Å². The van der Waals surface area contributed by atoms with Crippen molar-refractivity contribution in [2.24, 2.45) is 34.5 Å². The monoisotopic (exact) mass is 320 g/mol. The number of hydrogen-bond donors (Lipinski definition) is 3. The summed E-state index contributed by atoms with van der Waals surface area (Å²) in [5, 5.41) is 31.0. The van der Waals surface area contributed by atoms with E-state index in [1.54, 1.807) is 0 Å². The molecule has 0 aromatic carbocycles. The average molecular weight is 320 g/mol. The van der Waals surface area contributed by atoms with Gasteiger partial charge in [-0.2, -0.15) is 0 Å². The molecule has 23 heavy (non-hydrogen) atoms. The Hall–Kier alpha value is -0.380. The summed E-state index contributed by atoms with van der Waals surface area (Å²) in [7, 11) is 0. The zero-order chi connectivity index (χ0) is 16.4. The van der Waals surface area contributed by atoms with E-state index in [1.165, 1.54) is 5.57 Å². The third-order valence-electron chi connectivity index (χ3n) is 8.39. The molecule has 3 unspecified atom stereocenters. The Bertz CT molecular complexity index is 515. The molecule has 0 heterocycles. The van der Waals surface area contributed by atoms with Crippen LogP contribution in [0.25, 0.3) is 0 Å². The van der Waals surface area contributed by atoms with Gasteiger partial charge in [-0.3, -0.25) is 0 Å². The molecule has 8 atom stereocenters. The predicted octanol–water partition coefficient (Wildman–Crippen LogP) is 2.89. The molecule has 3 N–H and O–H groups in total. The Kier molecular flexibility index (Phi) is 3.72. The van der Waals surface area contributed by atoms with Crippen molar-refractivity contribution in [3.05, 3.63) is 11.6 Å². The van der Waals surface area contributed by atoms with Gasteiger partial charge in [0.05, 0.1) is 18.8 Å². The van der Waals surface area contributed by atoms with Gasteiger partial charge in [0.1, 0.15) is 0 Å². The molecule has 4 aliphatic rings. The second kappa shape index (κ2) is 5.31. The number of hydrogen-bond acceptors (Lipinski definition) is 3. The Morgan fingerprint density at radius 3 is 2.61 bits per heavy atom. The van der Waals surface area contributed by atoms with Crippen LogP contribution in [-0.2, 0) is 0 Å². The van der Waals surface area contributed by atoms with Crippen LogP contribution in [0, 0.1) is 34.5 Å². The minimum absolute atomic E-state index is 0.0848. The molecular weight excluding hydrogens is 288 g/mol. The van der Waals surface area contributed by atoms with E-state index in [4.69, 9.17) is 0 Å². The molecule has 0 radical (unpaired) electrons. The first kappa shape index (κ1) is 16.1. The highest BCUT2D eigenvalue weighted by atomic mass is 16.3. The predicted molar refractivity (Wildman–Crippen MR) is 89.7 cm³/mol. The van der Waals surface area contributed by atoms with Gasteiger partial charge >= 0.3 is 0 Å². The van der Waals surface area contributed by atoms with Gasteiger partial charge in [0.2, 0.25) is 0 Å². The second-order valence-corrected chi connectivity index (χ2v) is 9.22. The van der Waals surface area contributed by atoms with E-state index in [1.807, 2.05) is 0 Å². The topological polar surface area (TPSA) is 60.7 Å². The van der Waals surface area contributed by atoms with Gasteiger partial charge in [-0.1, -0.05) is 25.5 Å². The summed E-state index contributed by atoms with van der Waals surface area (Å²) in [6, 6.07) is 0. The molecule has 0 spiro atoms. The molecule has 0 aromatic heterocycles. The summed E-state index contributed by atoms with van der Waals surface area (Å²) in [5.41, 5.74) is 1.32. The van der Waals surface area contributed by atoms with Crippen LogP contribution in [0.1, 0.15) is 58.8 Å². The van der Waals surface area contributed by atoms with Crippen LogP contribution >= 0.6 is 0 Å². The van der Waals surface area contributed by atoms with E-state index in [-0.39, 0.29) is 29.6 Å². The van der Waals surface area contributed by atoms with Crippen LogP contribution in [-0.4, -0.2) is 34.1 Å². The summed E-state index contributed by atoms with van der Waals surface area (Å²) in [5.74, 6) is 2.33. The number of aliphatic hydroxyl groups is 3. The van der Waals surface area contributed by atoms with Crippen molar-refractivity contribution in [1.29, 1.82) is 0 Å². The Morgan fingerprint density at radius 2 is 1.87 bits per heavy atom. The lowest BCUT2D eigenvalue weighted by atomic mass is 9.45. The molecule has 4 rings (SSSR count). The van der Waals surface area contributed by atoms with Gasteiger partial charge in [-0.15, -0.1) is 0 Å². The highest BCUT2D eigenvalue weighted by Crippen LogP contribution is 2.66. The first-order chi connectivity index (χ1) is 10.9. The molecule has 0 amide bonds. The second-order valence-electron chi connectivity index (χ2n) is 9.22. The van der Waals surface area contributed by atoms with Gasteiger partial charge < -0.3 is 15.3 Å². The van der Waals surface area contributed by atoms with E-state index < -0.39 is 0 Å². The molecule has 3 saturated carbocycles. The van der Waals surface area contributed by atoms with E-state index in [0.29, 0.717) is 23.7 Å². The maximum Gasteiger partial charge on any atom is 0.0724 e. The van der Waals surface area contributed by atoms with Gasteiger partial charge in [0.25, 0.3) is 0 Å². The van der Waals surface area contributed by atoms with E-state index in [0.717, 1.165) is 44.9 Å². The maximum atomic E-state index is 10.6. The zero-order valence-electron chi connectivity index (χ0n) is 14.5. The first-order valence-electron chi connectivity index (χ1n) is 9.60. The lowest BCUT2D eigenvalue weighted by Gasteiger charge is -2.60. The van der Waals surface area contributed by atoms with Crippen LogP contribution in [0.4, 0.5) is 0 Å². The summed E-state index contributed by atoms with van der Waals surface area (Å²) in [6.45, 7) is 4.89. The van der Waals surface area contributed by atoms with Gasteiger partial charge in [0.15, 0.2) is 0 Å². The fourth-order valence-electron chi connectivity index (χ4n) is 7.13. The fourth-order valence-corrected chi connectivity index (χ4v) is 7.13. The minimum atomic E-state index is -0.324. The molecule has 0 saturated heterocycles. The molecule has 0 aromatic rings. The average Bonchev–Trinajstić information content (AvgIpc) is 2.83. The van der Waals surface area contributed by atoms with Gasteiger partial charge in [-0.05, 0) is 74.0 Å². The van der Waals surface area contributed by atoms with Crippen molar-refractivity contribution in [3.63, 3.8) is 0 Å². The standard InChI is InChI=1S/C20H32O3/c1-12-9-13-10-14(22)5-8-20(13,11-21)16-6-7-19(2)15(18(12)16)3-4-17(19)23/h10,12,14-18,21-23H,3-9,11H2,1-2H3/t12?,14?,15-,16+,17?,18-,19-,20+/m0/s1. The van der Waals surface area contributed by atoms with Crippen molar-refractivity contribution >= 4 is 0 Å². The van der Waals surface area contributed by atoms with Crippen LogP contribution in [0.5, 0.6) is 0 Å². The molecule has 3 heteroatoms. The van der Waals surface area contributed by atoms with Crippen LogP contribution < -0.4 is 0 Å². The van der Waals surface area contributed by atoms with Gasteiger partial charge in [-0.25, -0.2) is 0 Å². The molecule has 0 aliphatic heterocycles. The molecule has 0 bridgehead atoms. The third-order valence-corrected chi connectivity index (χ3v) is 8.39. The van der Waals surface area contributed by atoms with E-state index in [9.17, 15) is 15.3 Å². The van der Waals surface area contributed by atoms with Crippen molar-refractivity contribution in [2.75, 3.05) is 6.61 Å². The lowest BCUT2D eigenvalue weighted by Crippen LogP contribution is -2.56. The highest BCUT2D eigenvalue weighted by Gasteiger charge is 2.61. The zero-order valence-corrected chi connectivity index (χ0v) is 14.5. The largest absolute Gasteiger partial charge is 0.395 e. The first-order valence-corrected chi connectivity index (χ1v) is 9.60. The quantitative estimate of drug-likeness (QED) is 0.651. The molecule has 3 fully saturated rings.